The highest BCUT2D eigenvalue weighted by molar-refractivity contribution is 5.34. The largest absolute Gasteiger partial charge is 0.476 e. The lowest BCUT2D eigenvalue weighted by Crippen LogP contribution is -2.50. The fraction of sp³-hybridized carbons (Fsp3) is 0.789. The van der Waals surface area contributed by atoms with Crippen LogP contribution in [-0.2, 0) is 0 Å². The molecule has 2 atom stereocenters. The molecule has 140 valence electrons. The van der Waals surface area contributed by atoms with Gasteiger partial charge in [0.15, 0.2) is 0 Å². The van der Waals surface area contributed by atoms with Crippen LogP contribution in [0.1, 0.15) is 52.4 Å². The van der Waals surface area contributed by atoms with Gasteiger partial charge in [0, 0.05) is 25.2 Å². The Morgan fingerprint density at radius 1 is 1.20 bits per heavy atom. The van der Waals surface area contributed by atoms with Crippen LogP contribution in [0.4, 0.5) is 5.82 Å². The number of likely N-dealkylation sites (tertiary alicyclic amines) is 1. The van der Waals surface area contributed by atoms with Gasteiger partial charge in [-0.1, -0.05) is 26.7 Å². The van der Waals surface area contributed by atoms with E-state index < -0.39 is 0 Å². The summed E-state index contributed by atoms with van der Waals surface area (Å²) in [5.74, 6) is 1.84. The van der Waals surface area contributed by atoms with Crippen molar-refractivity contribution in [3.63, 3.8) is 0 Å². The van der Waals surface area contributed by atoms with E-state index in [0.29, 0.717) is 30.5 Å². The molecular formula is C19H32N4O2. The maximum Gasteiger partial charge on any atom is 0.234 e. The van der Waals surface area contributed by atoms with Gasteiger partial charge in [-0.05, 0) is 31.6 Å². The van der Waals surface area contributed by atoms with Crippen LogP contribution in [0.2, 0.25) is 0 Å². The van der Waals surface area contributed by atoms with Crippen molar-refractivity contribution in [2.45, 2.75) is 70.6 Å². The van der Waals surface area contributed by atoms with Crippen LogP contribution < -0.4 is 10.1 Å². The molecule has 2 N–H and O–H groups in total. The molecule has 1 aliphatic carbocycles. The van der Waals surface area contributed by atoms with Crippen molar-refractivity contribution in [2.75, 3.05) is 25.0 Å². The molecule has 0 aromatic carbocycles. The van der Waals surface area contributed by atoms with E-state index in [9.17, 15) is 5.11 Å². The normalized spacial score (nSPS) is 25.9. The number of hydrogen-bond acceptors (Lipinski definition) is 6. The quantitative estimate of drug-likeness (QED) is 0.824. The molecule has 1 saturated heterocycles. The Morgan fingerprint density at radius 3 is 2.68 bits per heavy atom. The minimum absolute atomic E-state index is 0.140. The van der Waals surface area contributed by atoms with Crippen molar-refractivity contribution in [2.24, 2.45) is 5.92 Å². The van der Waals surface area contributed by atoms with Crippen LogP contribution >= 0.6 is 0 Å². The third-order valence-corrected chi connectivity index (χ3v) is 5.22. The van der Waals surface area contributed by atoms with Gasteiger partial charge in [-0.2, -0.15) is 4.98 Å². The van der Waals surface area contributed by atoms with Crippen molar-refractivity contribution in [3.8, 4) is 5.88 Å². The van der Waals surface area contributed by atoms with Gasteiger partial charge < -0.3 is 15.2 Å². The predicted molar refractivity (Wildman–Crippen MR) is 98.8 cm³/mol. The smallest absolute Gasteiger partial charge is 0.234 e. The van der Waals surface area contributed by atoms with E-state index in [0.717, 1.165) is 44.6 Å². The van der Waals surface area contributed by atoms with Crippen LogP contribution in [-0.4, -0.2) is 57.9 Å². The van der Waals surface area contributed by atoms with Crippen molar-refractivity contribution < 1.29 is 9.84 Å². The molecule has 2 unspecified atom stereocenters. The maximum absolute atomic E-state index is 10.3. The highest BCUT2D eigenvalue weighted by Gasteiger charge is 2.31. The summed E-state index contributed by atoms with van der Waals surface area (Å²) in [5, 5.41) is 13.8. The van der Waals surface area contributed by atoms with Crippen molar-refractivity contribution in [1.29, 1.82) is 0 Å². The van der Waals surface area contributed by atoms with Crippen LogP contribution in [0.15, 0.2) is 12.4 Å². The monoisotopic (exact) mass is 348 g/mol. The zero-order valence-electron chi connectivity index (χ0n) is 15.5. The van der Waals surface area contributed by atoms with E-state index in [4.69, 9.17) is 4.74 Å². The Balaban J connectivity index is 1.48. The number of ether oxygens (including phenoxy) is 1. The first-order chi connectivity index (χ1) is 12.1. The maximum atomic E-state index is 10.3. The molecule has 25 heavy (non-hydrogen) atoms. The summed E-state index contributed by atoms with van der Waals surface area (Å²) in [7, 11) is 0. The van der Waals surface area contributed by atoms with Crippen LogP contribution in [0.25, 0.3) is 0 Å². The zero-order chi connectivity index (χ0) is 17.6. The van der Waals surface area contributed by atoms with Crippen molar-refractivity contribution in [3.05, 3.63) is 12.4 Å². The second-order valence-electron chi connectivity index (χ2n) is 7.82. The molecule has 2 heterocycles. The molecule has 3 rings (SSSR count). The van der Waals surface area contributed by atoms with E-state index in [1.807, 2.05) is 0 Å². The molecule has 0 bridgehead atoms. The summed E-state index contributed by atoms with van der Waals surface area (Å²) in [6, 6.07) is 0.772. The number of piperidine rings is 1. The van der Waals surface area contributed by atoms with E-state index in [1.54, 1.807) is 12.4 Å². The van der Waals surface area contributed by atoms with Gasteiger partial charge >= 0.3 is 0 Å². The lowest BCUT2D eigenvalue weighted by Gasteiger charge is -2.41. The Bertz CT molecular complexity index is 532. The summed E-state index contributed by atoms with van der Waals surface area (Å²) in [6.07, 6.45) is 9.95. The van der Waals surface area contributed by atoms with E-state index >= 15 is 0 Å². The third-order valence-electron chi connectivity index (χ3n) is 5.22. The van der Waals surface area contributed by atoms with Crippen molar-refractivity contribution >= 4 is 5.82 Å². The summed E-state index contributed by atoms with van der Waals surface area (Å²) in [4.78, 5) is 11.2. The third kappa shape index (κ3) is 5.28. The summed E-state index contributed by atoms with van der Waals surface area (Å²) in [5.41, 5.74) is 0. The summed E-state index contributed by atoms with van der Waals surface area (Å²) >= 11 is 0. The first kappa shape index (κ1) is 18.4. The van der Waals surface area contributed by atoms with Crippen LogP contribution in [0, 0.1) is 5.92 Å². The number of hydrogen-bond donors (Lipinski definition) is 2. The first-order valence-electron chi connectivity index (χ1n) is 9.75. The molecule has 0 spiro atoms. The average Bonchev–Trinajstić information content (AvgIpc) is 2.62. The zero-order valence-corrected chi connectivity index (χ0v) is 15.5. The highest BCUT2D eigenvalue weighted by Crippen LogP contribution is 2.26. The number of rotatable bonds is 6. The molecule has 0 amide bonds. The predicted octanol–water partition coefficient (Wildman–Crippen LogP) is 2.69. The van der Waals surface area contributed by atoms with E-state index in [-0.39, 0.29) is 6.10 Å². The molecular weight excluding hydrogens is 316 g/mol. The SMILES string of the molecule is CC(C)COc1cncc(NC2CCN(C3CCCCC3O)CC2)n1. The Morgan fingerprint density at radius 2 is 1.96 bits per heavy atom. The summed E-state index contributed by atoms with van der Waals surface area (Å²) < 4.78 is 5.66. The summed E-state index contributed by atoms with van der Waals surface area (Å²) in [6.45, 7) is 6.96. The highest BCUT2D eigenvalue weighted by atomic mass is 16.5. The minimum Gasteiger partial charge on any atom is -0.476 e. The van der Waals surface area contributed by atoms with Crippen LogP contribution in [0.3, 0.4) is 0 Å². The number of nitrogens with zero attached hydrogens (tertiary/aromatic N) is 3. The molecule has 0 radical (unpaired) electrons. The lowest BCUT2D eigenvalue weighted by atomic mass is 9.89. The molecule has 2 fully saturated rings. The van der Waals surface area contributed by atoms with Gasteiger partial charge in [0.2, 0.25) is 5.88 Å². The number of anilines is 1. The molecule has 1 aromatic rings. The van der Waals surface area contributed by atoms with Crippen molar-refractivity contribution in [1.82, 2.24) is 14.9 Å². The average molecular weight is 348 g/mol. The van der Waals surface area contributed by atoms with Crippen LogP contribution in [0.5, 0.6) is 5.88 Å². The topological polar surface area (TPSA) is 70.5 Å². The second-order valence-corrected chi connectivity index (χ2v) is 7.82. The Hall–Kier alpha value is -1.40. The number of aliphatic hydroxyl groups excluding tert-OH is 1. The molecule has 1 saturated carbocycles. The van der Waals surface area contributed by atoms with E-state index in [2.05, 4.69) is 34.0 Å². The van der Waals surface area contributed by atoms with Gasteiger partial charge in [0.25, 0.3) is 0 Å². The van der Waals surface area contributed by atoms with Gasteiger partial charge in [-0.25, -0.2) is 0 Å². The minimum atomic E-state index is -0.140. The van der Waals surface area contributed by atoms with Gasteiger partial charge in [0.1, 0.15) is 5.82 Å². The van der Waals surface area contributed by atoms with Gasteiger partial charge in [-0.15, -0.1) is 0 Å². The number of nitrogens with one attached hydrogen (secondary N) is 1. The Labute approximate surface area is 151 Å². The first-order valence-corrected chi connectivity index (χ1v) is 9.75. The van der Waals surface area contributed by atoms with Gasteiger partial charge in [-0.3, -0.25) is 9.88 Å². The molecule has 6 nitrogen and oxygen atoms in total. The number of aliphatic hydroxyl groups is 1. The fourth-order valence-corrected chi connectivity index (χ4v) is 3.84. The second kappa shape index (κ2) is 8.81. The number of aromatic nitrogens is 2. The molecule has 1 aromatic heterocycles. The standard InChI is InChI=1S/C19H32N4O2/c1-14(2)13-25-19-12-20-11-18(22-19)21-15-7-9-23(10-8-15)16-5-3-4-6-17(16)24/h11-12,14-17,24H,3-10,13H2,1-2H3,(H,21,22). The Kier molecular flexibility index (Phi) is 6.48. The molecule has 6 heteroatoms. The van der Waals surface area contributed by atoms with Gasteiger partial charge in [0.05, 0.1) is 25.1 Å². The fourth-order valence-electron chi connectivity index (χ4n) is 3.84. The molecule has 2 aliphatic rings. The molecule has 1 aliphatic heterocycles. The lowest BCUT2D eigenvalue weighted by molar-refractivity contribution is 0.00992. The van der Waals surface area contributed by atoms with E-state index in [1.165, 1.54) is 12.8 Å².